The zero-order chi connectivity index (χ0) is 12.2. The number of piperidine rings is 1. The van der Waals surface area contributed by atoms with E-state index in [1.807, 2.05) is 30.7 Å². The first-order valence-corrected chi connectivity index (χ1v) is 6.36. The van der Waals surface area contributed by atoms with Gasteiger partial charge in [-0.25, -0.2) is 9.97 Å². The van der Waals surface area contributed by atoms with Crippen LogP contribution in [-0.4, -0.2) is 28.0 Å². The molecule has 1 saturated heterocycles. The lowest BCUT2D eigenvalue weighted by Gasteiger charge is -2.23. The molecular formula is C14H16N4. The molecule has 0 unspecified atom stereocenters. The number of pyridine rings is 1. The van der Waals surface area contributed by atoms with Gasteiger partial charge in [-0.1, -0.05) is 0 Å². The summed E-state index contributed by atoms with van der Waals surface area (Å²) in [6.45, 7) is 2.15. The fraction of sp³-hybridized carbons (Fsp3) is 0.357. The largest absolute Gasteiger partial charge is 0.317 e. The smallest absolute Gasteiger partial charge is 0.115 e. The van der Waals surface area contributed by atoms with Gasteiger partial charge in [0, 0.05) is 30.1 Å². The monoisotopic (exact) mass is 240 g/mol. The van der Waals surface area contributed by atoms with Crippen LogP contribution < -0.4 is 5.32 Å². The van der Waals surface area contributed by atoms with Gasteiger partial charge in [0.1, 0.15) is 6.33 Å². The molecule has 2 aromatic heterocycles. The van der Waals surface area contributed by atoms with Gasteiger partial charge >= 0.3 is 0 Å². The molecule has 0 saturated carbocycles. The Balaban J connectivity index is 1.99. The molecule has 0 aliphatic carbocycles. The molecule has 1 aliphatic heterocycles. The van der Waals surface area contributed by atoms with E-state index in [-0.39, 0.29) is 0 Å². The van der Waals surface area contributed by atoms with Crippen molar-refractivity contribution in [2.45, 2.75) is 18.8 Å². The first-order valence-electron chi connectivity index (χ1n) is 6.36. The van der Waals surface area contributed by atoms with Gasteiger partial charge in [-0.05, 0) is 43.6 Å². The molecular weight excluding hydrogens is 224 g/mol. The molecule has 4 heteroatoms. The average Bonchev–Trinajstić information content (AvgIpc) is 2.49. The first kappa shape index (κ1) is 11.3. The van der Waals surface area contributed by atoms with Gasteiger partial charge in [0.25, 0.3) is 0 Å². The van der Waals surface area contributed by atoms with Crippen molar-refractivity contribution in [3.8, 4) is 11.1 Å². The third-order valence-corrected chi connectivity index (χ3v) is 3.46. The highest BCUT2D eigenvalue weighted by molar-refractivity contribution is 5.64. The van der Waals surface area contributed by atoms with Crippen molar-refractivity contribution >= 4 is 0 Å². The number of aromatic nitrogens is 3. The number of hydrogen-bond acceptors (Lipinski definition) is 4. The lowest BCUT2D eigenvalue weighted by Crippen LogP contribution is -2.27. The third-order valence-electron chi connectivity index (χ3n) is 3.46. The van der Waals surface area contributed by atoms with Crippen LogP contribution in [0.2, 0.25) is 0 Å². The molecule has 92 valence electrons. The van der Waals surface area contributed by atoms with Crippen LogP contribution in [0.1, 0.15) is 24.5 Å². The molecule has 1 aliphatic rings. The molecule has 3 heterocycles. The Labute approximate surface area is 107 Å². The van der Waals surface area contributed by atoms with E-state index in [0.717, 1.165) is 37.1 Å². The molecule has 0 bridgehead atoms. The highest BCUT2D eigenvalue weighted by Crippen LogP contribution is 2.31. The van der Waals surface area contributed by atoms with E-state index >= 15 is 0 Å². The second kappa shape index (κ2) is 5.23. The minimum atomic E-state index is 0.539. The van der Waals surface area contributed by atoms with Crippen molar-refractivity contribution in [3.63, 3.8) is 0 Å². The molecule has 1 N–H and O–H groups in total. The maximum Gasteiger partial charge on any atom is 0.115 e. The van der Waals surface area contributed by atoms with Crippen LogP contribution >= 0.6 is 0 Å². The quantitative estimate of drug-likeness (QED) is 0.872. The summed E-state index contributed by atoms with van der Waals surface area (Å²) in [5.74, 6) is 0.539. The predicted octanol–water partition coefficient (Wildman–Crippen LogP) is 2.01. The summed E-state index contributed by atoms with van der Waals surface area (Å²) >= 11 is 0. The topological polar surface area (TPSA) is 50.7 Å². The predicted molar refractivity (Wildman–Crippen MR) is 70.1 cm³/mol. The normalized spacial score (nSPS) is 16.7. The Kier molecular flexibility index (Phi) is 3.28. The van der Waals surface area contributed by atoms with E-state index < -0.39 is 0 Å². The van der Waals surface area contributed by atoms with E-state index in [9.17, 15) is 0 Å². The summed E-state index contributed by atoms with van der Waals surface area (Å²) in [6.07, 6.45) is 9.50. The number of rotatable bonds is 2. The van der Waals surface area contributed by atoms with E-state index in [2.05, 4.69) is 20.3 Å². The minimum Gasteiger partial charge on any atom is -0.317 e. The first-order chi connectivity index (χ1) is 8.95. The highest BCUT2D eigenvalue weighted by atomic mass is 14.9. The van der Waals surface area contributed by atoms with Crippen LogP contribution in [0.4, 0.5) is 0 Å². The summed E-state index contributed by atoms with van der Waals surface area (Å²) in [6, 6.07) is 4.03. The van der Waals surface area contributed by atoms with Crippen LogP contribution in [0.15, 0.2) is 37.1 Å². The SMILES string of the molecule is c1cc(-c2cncnc2C2CCNCC2)ccn1. The van der Waals surface area contributed by atoms with Gasteiger partial charge in [-0.2, -0.15) is 0 Å². The maximum atomic E-state index is 4.52. The Morgan fingerprint density at radius 1 is 1.06 bits per heavy atom. The molecule has 0 amide bonds. The second-order valence-electron chi connectivity index (χ2n) is 4.58. The fourth-order valence-corrected chi connectivity index (χ4v) is 2.51. The van der Waals surface area contributed by atoms with Gasteiger partial charge in [0.05, 0.1) is 5.69 Å². The summed E-state index contributed by atoms with van der Waals surface area (Å²) in [7, 11) is 0. The van der Waals surface area contributed by atoms with E-state index in [4.69, 9.17) is 0 Å². The molecule has 0 atom stereocenters. The Morgan fingerprint density at radius 2 is 1.83 bits per heavy atom. The Bertz CT molecular complexity index is 506. The fourth-order valence-electron chi connectivity index (χ4n) is 2.51. The number of hydrogen-bond donors (Lipinski definition) is 1. The number of nitrogens with zero attached hydrogens (tertiary/aromatic N) is 3. The van der Waals surface area contributed by atoms with Crippen LogP contribution in [0.25, 0.3) is 11.1 Å². The molecule has 0 aromatic carbocycles. The summed E-state index contributed by atoms with van der Waals surface area (Å²) in [5, 5.41) is 3.39. The van der Waals surface area contributed by atoms with Gasteiger partial charge in [-0.3, -0.25) is 4.98 Å². The average molecular weight is 240 g/mol. The standard InChI is InChI=1S/C14H16N4/c1-5-15-6-2-11(1)13-9-17-10-18-14(13)12-3-7-16-8-4-12/h1-2,5-6,9-10,12,16H,3-4,7-8H2. The zero-order valence-corrected chi connectivity index (χ0v) is 10.2. The summed E-state index contributed by atoms with van der Waals surface area (Å²) in [4.78, 5) is 12.8. The van der Waals surface area contributed by atoms with Crippen LogP contribution in [0, 0.1) is 0 Å². The van der Waals surface area contributed by atoms with E-state index in [0.29, 0.717) is 5.92 Å². The van der Waals surface area contributed by atoms with E-state index in [1.54, 1.807) is 6.33 Å². The Hall–Kier alpha value is -1.81. The van der Waals surface area contributed by atoms with Crippen LogP contribution in [0.5, 0.6) is 0 Å². The zero-order valence-electron chi connectivity index (χ0n) is 10.2. The van der Waals surface area contributed by atoms with Crippen molar-refractivity contribution < 1.29 is 0 Å². The molecule has 2 aromatic rings. The van der Waals surface area contributed by atoms with Crippen LogP contribution in [0.3, 0.4) is 0 Å². The minimum absolute atomic E-state index is 0.539. The molecule has 3 rings (SSSR count). The Morgan fingerprint density at radius 3 is 2.61 bits per heavy atom. The van der Waals surface area contributed by atoms with Crippen molar-refractivity contribution in [1.82, 2.24) is 20.3 Å². The van der Waals surface area contributed by atoms with Gasteiger partial charge < -0.3 is 5.32 Å². The molecule has 0 spiro atoms. The molecule has 4 nitrogen and oxygen atoms in total. The maximum absolute atomic E-state index is 4.52. The third kappa shape index (κ3) is 2.24. The lowest BCUT2D eigenvalue weighted by atomic mass is 9.90. The summed E-state index contributed by atoms with van der Waals surface area (Å²) in [5.41, 5.74) is 3.48. The van der Waals surface area contributed by atoms with Crippen LogP contribution in [-0.2, 0) is 0 Å². The van der Waals surface area contributed by atoms with Crippen molar-refractivity contribution in [1.29, 1.82) is 0 Å². The highest BCUT2D eigenvalue weighted by Gasteiger charge is 2.20. The summed E-state index contributed by atoms with van der Waals surface area (Å²) < 4.78 is 0. The van der Waals surface area contributed by atoms with Crippen molar-refractivity contribution in [2.24, 2.45) is 0 Å². The van der Waals surface area contributed by atoms with Gasteiger partial charge in [-0.15, -0.1) is 0 Å². The van der Waals surface area contributed by atoms with Crippen molar-refractivity contribution in [2.75, 3.05) is 13.1 Å². The second-order valence-corrected chi connectivity index (χ2v) is 4.58. The molecule has 18 heavy (non-hydrogen) atoms. The van der Waals surface area contributed by atoms with Gasteiger partial charge in [0.15, 0.2) is 0 Å². The molecule has 1 fully saturated rings. The lowest BCUT2D eigenvalue weighted by molar-refractivity contribution is 0.453. The van der Waals surface area contributed by atoms with E-state index in [1.165, 1.54) is 5.69 Å². The van der Waals surface area contributed by atoms with Gasteiger partial charge in [0.2, 0.25) is 0 Å². The molecule has 0 radical (unpaired) electrons. The van der Waals surface area contributed by atoms with Crippen molar-refractivity contribution in [3.05, 3.63) is 42.7 Å². The number of nitrogens with one attached hydrogen (secondary N) is 1.